The number of nitrogens with zero attached hydrogens (tertiary/aromatic N) is 4. The molecule has 0 radical (unpaired) electrons. The predicted molar refractivity (Wildman–Crippen MR) is 146 cm³/mol. The van der Waals surface area contributed by atoms with Crippen LogP contribution in [0.4, 0.5) is 10.8 Å². The van der Waals surface area contributed by atoms with Crippen LogP contribution in [0, 0.1) is 5.92 Å². The number of hydrogen-bond acceptors (Lipinski definition) is 6. The zero-order valence-corrected chi connectivity index (χ0v) is 22.5. The number of anilines is 2. The molecule has 2 aliphatic rings. The number of carbonyl (C=O) groups excluding carboxylic acids is 2. The van der Waals surface area contributed by atoms with Crippen molar-refractivity contribution in [2.45, 2.75) is 12.8 Å². The molecule has 0 bridgehead atoms. The third kappa shape index (κ3) is 6.03. The first-order chi connectivity index (χ1) is 16.6. The summed E-state index contributed by atoms with van der Waals surface area (Å²) >= 11 is 5.05. The van der Waals surface area contributed by atoms with Gasteiger partial charge in [0.25, 0.3) is 0 Å². The minimum atomic E-state index is -0.380. The summed E-state index contributed by atoms with van der Waals surface area (Å²) in [5.41, 5.74) is 1.72. The van der Waals surface area contributed by atoms with E-state index in [1.807, 2.05) is 53.4 Å². The molecule has 0 saturated carbocycles. The third-order valence-electron chi connectivity index (χ3n) is 6.34. The standard InChI is InChI=1S/C25H27BrN4O3S.ClH/c26-19-7-8-21-22(16-19)34-25(27-21)29(10-4-9-28-11-13-33-14-12-28)24(32)18-15-23(31)30(17-18)20-5-2-1-3-6-20;/h1-3,5-8,16,18H,4,9-15,17H2;1H. The average molecular weight is 580 g/mol. The molecular formula is C25H28BrClN4O3S. The molecule has 2 fully saturated rings. The SMILES string of the molecule is Cl.O=C1CC(C(=O)N(CCCN2CCOCC2)c2nc3ccc(Br)cc3s2)CN1c1ccccc1. The highest BCUT2D eigenvalue weighted by Gasteiger charge is 2.38. The van der Waals surface area contributed by atoms with Gasteiger partial charge in [0.2, 0.25) is 11.8 Å². The lowest BCUT2D eigenvalue weighted by atomic mass is 10.1. The molecule has 1 aromatic heterocycles. The smallest absolute Gasteiger partial charge is 0.234 e. The molecule has 5 rings (SSSR count). The van der Waals surface area contributed by atoms with E-state index in [-0.39, 0.29) is 36.6 Å². The van der Waals surface area contributed by atoms with Gasteiger partial charge in [0.1, 0.15) is 0 Å². The van der Waals surface area contributed by atoms with E-state index in [0.717, 1.165) is 59.6 Å². The van der Waals surface area contributed by atoms with Crippen molar-refractivity contribution in [3.05, 3.63) is 53.0 Å². The van der Waals surface area contributed by atoms with Crippen LogP contribution in [0.5, 0.6) is 0 Å². The highest BCUT2D eigenvalue weighted by Crippen LogP contribution is 2.33. The molecular weight excluding hydrogens is 552 g/mol. The normalized spacial score (nSPS) is 18.6. The van der Waals surface area contributed by atoms with Crippen LogP contribution >= 0.6 is 39.7 Å². The zero-order chi connectivity index (χ0) is 23.5. The number of para-hydroxylation sites is 1. The van der Waals surface area contributed by atoms with Gasteiger partial charge >= 0.3 is 0 Å². The molecule has 3 heterocycles. The molecule has 2 aliphatic heterocycles. The van der Waals surface area contributed by atoms with E-state index < -0.39 is 0 Å². The van der Waals surface area contributed by atoms with Gasteiger partial charge in [-0.1, -0.05) is 45.5 Å². The van der Waals surface area contributed by atoms with E-state index in [1.54, 1.807) is 4.90 Å². The number of morpholine rings is 1. The van der Waals surface area contributed by atoms with Crippen molar-refractivity contribution in [3.63, 3.8) is 0 Å². The monoisotopic (exact) mass is 578 g/mol. The van der Waals surface area contributed by atoms with Crippen LogP contribution in [0.15, 0.2) is 53.0 Å². The van der Waals surface area contributed by atoms with E-state index in [1.165, 1.54) is 11.3 Å². The Bertz CT molecular complexity index is 1170. The molecule has 3 aromatic rings. The fraction of sp³-hybridized carbons (Fsp3) is 0.400. The number of halogens is 2. The number of hydrogen-bond donors (Lipinski definition) is 0. The molecule has 2 amide bonds. The third-order valence-corrected chi connectivity index (χ3v) is 7.87. The maximum Gasteiger partial charge on any atom is 0.234 e. The molecule has 2 aromatic carbocycles. The minimum absolute atomic E-state index is 0. The molecule has 0 aliphatic carbocycles. The number of thiazole rings is 1. The lowest BCUT2D eigenvalue weighted by Gasteiger charge is -2.28. The van der Waals surface area contributed by atoms with Crippen LogP contribution < -0.4 is 9.80 Å². The average Bonchev–Trinajstić information content (AvgIpc) is 3.45. The van der Waals surface area contributed by atoms with E-state index in [9.17, 15) is 9.59 Å². The summed E-state index contributed by atoms with van der Waals surface area (Å²) in [6, 6.07) is 15.5. The first-order valence-corrected chi connectivity index (χ1v) is 13.2. The molecule has 7 nitrogen and oxygen atoms in total. The van der Waals surface area contributed by atoms with Crippen molar-refractivity contribution in [3.8, 4) is 0 Å². The maximum absolute atomic E-state index is 13.8. The van der Waals surface area contributed by atoms with Gasteiger partial charge in [-0.05, 0) is 36.8 Å². The van der Waals surface area contributed by atoms with Crippen molar-refractivity contribution in [2.75, 3.05) is 55.7 Å². The molecule has 10 heteroatoms. The zero-order valence-electron chi connectivity index (χ0n) is 19.3. The lowest BCUT2D eigenvalue weighted by Crippen LogP contribution is -2.41. The van der Waals surface area contributed by atoms with Gasteiger partial charge in [-0.3, -0.25) is 19.4 Å². The number of aromatic nitrogens is 1. The van der Waals surface area contributed by atoms with Crippen LogP contribution in [-0.4, -0.2) is 67.6 Å². The van der Waals surface area contributed by atoms with Crippen molar-refractivity contribution in [2.24, 2.45) is 5.92 Å². The summed E-state index contributed by atoms with van der Waals surface area (Å²) < 4.78 is 7.46. The Kier molecular flexibility index (Phi) is 8.77. The van der Waals surface area contributed by atoms with Crippen LogP contribution in [0.1, 0.15) is 12.8 Å². The summed E-state index contributed by atoms with van der Waals surface area (Å²) in [6.07, 6.45) is 1.07. The summed E-state index contributed by atoms with van der Waals surface area (Å²) in [6.45, 7) is 5.25. The van der Waals surface area contributed by atoms with E-state index >= 15 is 0 Å². The predicted octanol–water partition coefficient (Wildman–Crippen LogP) is 4.59. The summed E-state index contributed by atoms with van der Waals surface area (Å²) in [5, 5.41) is 0.700. The first-order valence-electron chi connectivity index (χ1n) is 11.6. The van der Waals surface area contributed by atoms with E-state index in [2.05, 4.69) is 20.8 Å². The first kappa shape index (κ1) is 26.0. The second-order valence-electron chi connectivity index (χ2n) is 8.65. The molecule has 0 N–H and O–H groups in total. The number of fused-ring (bicyclic) bond motifs is 1. The Balaban J connectivity index is 0.00000289. The Hall–Kier alpha value is -2.04. The Morgan fingerprint density at radius 3 is 2.71 bits per heavy atom. The number of ether oxygens (including phenoxy) is 1. The second kappa shape index (κ2) is 11.8. The van der Waals surface area contributed by atoms with Crippen LogP contribution in [0.2, 0.25) is 0 Å². The van der Waals surface area contributed by atoms with Crippen LogP contribution in [0.3, 0.4) is 0 Å². The molecule has 1 atom stereocenters. The Morgan fingerprint density at radius 2 is 1.94 bits per heavy atom. The highest BCUT2D eigenvalue weighted by atomic mass is 79.9. The van der Waals surface area contributed by atoms with Gasteiger partial charge in [-0.15, -0.1) is 12.4 Å². The largest absolute Gasteiger partial charge is 0.379 e. The summed E-state index contributed by atoms with van der Waals surface area (Å²) in [4.78, 5) is 37.2. The fourth-order valence-corrected chi connectivity index (χ4v) is 6.08. The summed E-state index contributed by atoms with van der Waals surface area (Å²) in [5.74, 6) is -0.409. The molecule has 0 spiro atoms. The van der Waals surface area contributed by atoms with Gasteiger partial charge in [-0.2, -0.15) is 0 Å². The van der Waals surface area contributed by atoms with Gasteiger partial charge in [-0.25, -0.2) is 4.98 Å². The van der Waals surface area contributed by atoms with Crippen molar-refractivity contribution < 1.29 is 14.3 Å². The van der Waals surface area contributed by atoms with Gasteiger partial charge in [0, 0.05) is 49.3 Å². The van der Waals surface area contributed by atoms with E-state index in [0.29, 0.717) is 18.2 Å². The molecule has 1 unspecified atom stereocenters. The Labute approximate surface area is 223 Å². The minimum Gasteiger partial charge on any atom is -0.379 e. The van der Waals surface area contributed by atoms with E-state index in [4.69, 9.17) is 9.72 Å². The highest BCUT2D eigenvalue weighted by molar-refractivity contribution is 9.10. The quantitative estimate of drug-likeness (QED) is 0.410. The van der Waals surface area contributed by atoms with Gasteiger partial charge in [0.15, 0.2) is 5.13 Å². The summed E-state index contributed by atoms with van der Waals surface area (Å²) in [7, 11) is 0. The number of benzene rings is 2. The van der Waals surface area contributed by atoms with Gasteiger partial charge < -0.3 is 9.64 Å². The molecule has 186 valence electrons. The Morgan fingerprint density at radius 1 is 1.17 bits per heavy atom. The topological polar surface area (TPSA) is 66.0 Å². The lowest BCUT2D eigenvalue weighted by molar-refractivity contribution is -0.124. The van der Waals surface area contributed by atoms with Crippen molar-refractivity contribution in [1.29, 1.82) is 0 Å². The van der Waals surface area contributed by atoms with Crippen molar-refractivity contribution in [1.82, 2.24) is 9.88 Å². The maximum atomic E-state index is 13.8. The number of amides is 2. The second-order valence-corrected chi connectivity index (χ2v) is 10.6. The number of carbonyl (C=O) groups is 2. The fourth-order valence-electron chi connectivity index (χ4n) is 4.53. The van der Waals surface area contributed by atoms with Gasteiger partial charge in [0.05, 0.1) is 29.3 Å². The van der Waals surface area contributed by atoms with Crippen molar-refractivity contribution >= 4 is 72.5 Å². The van der Waals surface area contributed by atoms with Crippen LogP contribution in [0.25, 0.3) is 10.2 Å². The molecule has 2 saturated heterocycles. The van der Waals surface area contributed by atoms with Crippen LogP contribution in [-0.2, 0) is 14.3 Å². The number of rotatable bonds is 7. The molecule has 35 heavy (non-hydrogen) atoms.